The number of H-pyrrole nitrogens is 1. The lowest BCUT2D eigenvalue weighted by Crippen LogP contribution is -2.30. The number of hydrogen-bond acceptors (Lipinski definition) is 9. The maximum atomic E-state index is 13.8. The van der Waals surface area contributed by atoms with Crippen molar-refractivity contribution >= 4 is 38.0 Å². The molecule has 2 heterocycles. The van der Waals surface area contributed by atoms with Crippen LogP contribution in [0.15, 0.2) is 57.5 Å². The molecule has 0 bridgehead atoms. The second-order valence-electron chi connectivity index (χ2n) is 10.0. The van der Waals surface area contributed by atoms with Gasteiger partial charge in [0.05, 0.1) is 35.7 Å². The molecular formula is C28H31N3O8S2. The molecule has 2 N–H and O–H groups in total. The quantitative estimate of drug-likeness (QED) is 0.238. The van der Waals surface area contributed by atoms with E-state index in [0.717, 1.165) is 11.1 Å². The van der Waals surface area contributed by atoms with E-state index in [1.807, 2.05) is 13.8 Å². The van der Waals surface area contributed by atoms with Crippen molar-refractivity contribution in [1.82, 2.24) is 15.0 Å². The number of imidazole rings is 1. The summed E-state index contributed by atoms with van der Waals surface area (Å²) < 4.78 is 57.3. The van der Waals surface area contributed by atoms with Gasteiger partial charge in [-0.3, -0.25) is 14.8 Å². The lowest BCUT2D eigenvalue weighted by molar-refractivity contribution is -0.148. The molecule has 218 valence electrons. The first-order chi connectivity index (χ1) is 19.3. The molecule has 13 heteroatoms. The Kier molecular flexibility index (Phi) is 8.52. The summed E-state index contributed by atoms with van der Waals surface area (Å²) in [4.78, 5) is 22.9. The van der Waals surface area contributed by atoms with Crippen LogP contribution in [0.4, 0.5) is 0 Å². The van der Waals surface area contributed by atoms with Gasteiger partial charge in [-0.15, -0.1) is 0 Å². The van der Waals surface area contributed by atoms with E-state index in [9.17, 15) is 22.9 Å². The number of sulfone groups is 1. The van der Waals surface area contributed by atoms with E-state index in [1.54, 1.807) is 19.4 Å². The van der Waals surface area contributed by atoms with Gasteiger partial charge < -0.3 is 23.9 Å². The van der Waals surface area contributed by atoms with Gasteiger partial charge in [0.25, 0.3) is 0 Å². The predicted octanol–water partition coefficient (Wildman–Crippen LogP) is 4.22. The number of rotatable bonds is 11. The van der Waals surface area contributed by atoms with E-state index in [-0.39, 0.29) is 38.6 Å². The van der Waals surface area contributed by atoms with Gasteiger partial charge in [-0.05, 0) is 64.1 Å². The van der Waals surface area contributed by atoms with Gasteiger partial charge >= 0.3 is 11.1 Å². The molecule has 41 heavy (non-hydrogen) atoms. The summed E-state index contributed by atoms with van der Waals surface area (Å²) in [7, 11) is -1.24. The standard InChI is InChI=1S/C28H31N3O8S2/c1-16-13-29-21(17(2)24(16)38-6)14-40(34)27-30-20-11-12-22(37-5)25(23(20)31-27)41(35,36)19-9-7-18(8-10-19)39-15-28(3,4)26(32)33/h7-13H,14-15H2,1-6H3,(H,30,31)(H,32,33). The highest BCUT2D eigenvalue weighted by Gasteiger charge is 2.31. The number of nitrogens with one attached hydrogen (secondary N) is 1. The van der Waals surface area contributed by atoms with Gasteiger partial charge in [-0.2, -0.15) is 4.98 Å². The molecule has 0 aliphatic carbocycles. The van der Waals surface area contributed by atoms with Crippen LogP contribution in [-0.2, 0) is 31.6 Å². The van der Waals surface area contributed by atoms with Crippen molar-refractivity contribution in [3.8, 4) is 17.2 Å². The number of carboxylic acid groups (broad SMARTS) is 1. The molecular weight excluding hydrogens is 570 g/mol. The highest BCUT2D eigenvalue weighted by atomic mass is 32.2. The van der Waals surface area contributed by atoms with Gasteiger partial charge in [0.15, 0.2) is 5.75 Å². The topological polar surface area (TPSA) is 164 Å². The molecule has 2 aromatic heterocycles. The molecule has 0 spiro atoms. The minimum Gasteiger partial charge on any atom is -0.609 e. The van der Waals surface area contributed by atoms with Crippen LogP contribution in [0, 0.1) is 19.3 Å². The summed E-state index contributed by atoms with van der Waals surface area (Å²) in [5.41, 5.74) is 1.53. The van der Waals surface area contributed by atoms with E-state index >= 15 is 0 Å². The van der Waals surface area contributed by atoms with E-state index in [2.05, 4.69) is 15.0 Å². The third kappa shape index (κ3) is 5.97. The molecule has 0 amide bonds. The largest absolute Gasteiger partial charge is 0.609 e. The monoisotopic (exact) mass is 601 g/mol. The maximum absolute atomic E-state index is 13.8. The van der Waals surface area contributed by atoms with E-state index < -0.39 is 32.4 Å². The lowest BCUT2D eigenvalue weighted by Gasteiger charge is -2.19. The Bertz CT molecular complexity index is 1700. The summed E-state index contributed by atoms with van der Waals surface area (Å²) in [6.07, 6.45) is 1.65. The van der Waals surface area contributed by atoms with Crippen LogP contribution >= 0.6 is 0 Å². The Balaban J connectivity index is 1.67. The van der Waals surface area contributed by atoms with Gasteiger partial charge in [0.2, 0.25) is 9.84 Å². The summed E-state index contributed by atoms with van der Waals surface area (Å²) in [5.74, 6) is 0.0860. The third-order valence-corrected chi connectivity index (χ3v) is 9.57. The van der Waals surface area contributed by atoms with Gasteiger partial charge in [-0.25, -0.2) is 8.42 Å². The average Bonchev–Trinajstić information content (AvgIpc) is 3.37. The smallest absolute Gasteiger partial charge is 0.322 e. The number of aromatic amines is 1. The number of methoxy groups -OCH3 is 2. The number of pyridine rings is 1. The van der Waals surface area contributed by atoms with Gasteiger partial charge in [0, 0.05) is 28.5 Å². The lowest BCUT2D eigenvalue weighted by atomic mass is 9.95. The zero-order valence-electron chi connectivity index (χ0n) is 23.5. The number of aromatic nitrogens is 3. The molecule has 1 unspecified atom stereocenters. The van der Waals surface area contributed by atoms with Crippen molar-refractivity contribution in [1.29, 1.82) is 0 Å². The molecule has 4 rings (SSSR count). The SMILES string of the molecule is COc1ccc2[nH]c([S+]([O-])Cc3ncc(C)c(OC)c3C)nc2c1S(=O)(=O)c1ccc(OCC(C)(C)C(=O)O)cc1. The minimum atomic E-state index is -4.16. The number of ether oxygens (including phenoxy) is 3. The van der Waals surface area contributed by atoms with Crippen molar-refractivity contribution in [3.63, 3.8) is 0 Å². The van der Waals surface area contributed by atoms with Crippen LogP contribution in [0.1, 0.15) is 30.7 Å². The average molecular weight is 602 g/mol. The number of benzene rings is 2. The molecule has 0 fully saturated rings. The van der Waals surface area contributed by atoms with Crippen LogP contribution in [0.25, 0.3) is 11.0 Å². The number of nitrogens with zero attached hydrogens (tertiary/aromatic N) is 2. The van der Waals surface area contributed by atoms with Crippen molar-refractivity contribution < 1.29 is 37.1 Å². The first-order valence-electron chi connectivity index (χ1n) is 12.5. The van der Waals surface area contributed by atoms with Crippen molar-refractivity contribution in [2.45, 2.75) is 48.4 Å². The Morgan fingerprint density at radius 3 is 2.39 bits per heavy atom. The zero-order valence-corrected chi connectivity index (χ0v) is 25.1. The van der Waals surface area contributed by atoms with Crippen LogP contribution in [0.3, 0.4) is 0 Å². The number of carboxylic acids is 1. The molecule has 2 aromatic carbocycles. The molecule has 0 saturated heterocycles. The molecule has 11 nitrogen and oxygen atoms in total. The van der Waals surface area contributed by atoms with Gasteiger partial charge in [0.1, 0.15) is 34.3 Å². The van der Waals surface area contributed by atoms with Crippen molar-refractivity contribution in [3.05, 3.63) is 59.4 Å². The Hall–Kier alpha value is -3.81. The fraction of sp³-hybridized carbons (Fsp3) is 0.321. The second kappa shape index (κ2) is 11.6. The second-order valence-corrected chi connectivity index (χ2v) is 13.3. The third-order valence-electron chi connectivity index (χ3n) is 6.58. The molecule has 0 saturated carbocycles. The summed E-state index contributed by atoms with van der Waals surface area (Å²) >= 11 is -1.68. The normalized spacial score (nSPS) is 12.8. The van der Waals surface area contributed by atoms with Crippen LogP contribution < -0.4 is 14.2 Å². The molecule has 4 aromatic rings. The fourth-order valence-corrected chi connectivity index (χ4v) is 6.75. The number of carbonyl (C=O) groups is 1. The summed E-state index contributed by atoms with van der Waals surface area (Å²) in [6, 6.07) is 8.74. The Morgan fingerprint density at radius 1 is 1.10 bits per heavy atom. The van der Waals surface area contributed by atoms with E-state index in [4.69, 9.17) is 14.2 Å². The number of aliphatic carboxylic acids is 1. The summed E-state index contributed by atoms with van der Waals surface area (Å²) in [5, 5.41) is 9.37. The summed E-state index contributed by atoms with van der Waals surface area (Å²) in [6.45, 7) is 6.67. The maximum Gasteiger partial charge on any atom is 0.322 e. The van der Waals surface area contributed by atoms with Crippen molar-refractivity contribution in [2.24, 2.45) is 5.41 Å². The highest BCUT2D eigenvalue weighted by Crippen LogP contribution is 2.36. The number of aryl methyl sites for hydroxylation is 1. The highest BCUT2D eigenvalue weighted by molar-refractivity contribution is 7.92. The first-order valence-corrected chi connectivity index (χ1v) is 15.3. The molecule has 0 aliphatic heterocycles. The van der Waals surface area contributed by atoms with Crippen LogP contribution in [-0.4, -0.2) is 59.8 Å². The van der Waals surface area contributed by atoms with E-state index in [0.29, 0.717) is 22.7 Å². The van der Waals surface area contributed by atoms with Crippen LogP contribution in [0.2, 0.25) is 0 Å². The van der Waals surface area contributed by atoms with Gasteiger partial charge in [-0.1, -0.05) is 0 Å². The Labute approximate surface area is 241 Å². The first kappa shape index (κ1) is 30.2. The van der Waals surface area contributed by atoms with E-state index in [1.165, 1.54) is 51.3 Å². The molecule has 1 atom stereocenters. The number of hydrogen-bond donors (Lipinski definition) is 2. The molecule has 0 radical (unpaired) electrons. The zero-order chi connectivity index (χ0) is 30.1. The Morgan fingerprint density at radius 2 is 1.78 bits per heavy atom. The predicted molar refractivity (Wildman–Crippen MR) is 152 cm³/mol. The fourth-order valence-electron chi connectivity index (χ4n) is 4.10. The minimum absolute atomic E-state index is 0.0433. The number of fused-ring (bicyclic) bond motifs is 1. The van der Waals surface area contributed by atoms with Crippen molar-refractivity contribution in [2.75, 3.05) is 20.8 Å². The molecule has 0 aliphatic rings. The van der Waals surface area contributed by atoms with Crippen LogP contribution in [0.5, 0.6) is 17.2 Å².